The summed E-state index contributed by atoms with van der Waals surface area (Å²) in [7, 11) is 0. The van der Waals surface area contributed by atoms with Crippen molar-refractivity contribution in [3.05, 3.63) is 0 Å². The summed E-state index contributed by atoms with van der Waals surface area (Å²) < 4.78 is 90.3. The lowest BCUT2D eigenvalue weighted by Gasteiger charge is -2.64. The van der Waals surface area contributed by atoms with Gasteiger partial charge in [0, 0.05) is 5.41 Å². The van der Waals surface area contributed by atoms with Crippen molar-refractivity contribution in [3.63, 3.8) is 0 Å². The summed E-state index contributed by atoms with van der Waals surface area (Å²) in [6.07, 6.45) is -41.2. The van der Waals surface area contributed by atoms with Gasteiger partial charge in [-0.1, -0.05) is 53.4 Å². The van der Waals surface area contributed by atoms with Crippen LogP contribution in [-0.4, -0.2) is 389 Å². The van der Waals surface area contributed by atoms with Crippen molar-refractivity contribution in [2.24, 2.45) is 46.3 Å². The van der Waals surface area contributed by atoms with Crippen molar-refractivity contribution < 1.29 is 178 Å². The maximum atomic E-state index is 11.4. The third kappa shape index (κ3) is 17.7. The van der Waals surface area contributed by atoms with Crippen LogP contribution in [-0.2, 0) is 71.1 Å². The molecule has 6 saturated heterocycles. The number of hydrogen-bond donors (Lipinski definition) is 21. The molecule has 0 aromatic heterocycles. The molecule has 4 aliphatic carbocycles. The normalized spacial score (nSPS) is 50.3. The minimum absolute atomic E-state index is 0.00548. The van der Waals surface area contributed by atoms with Crippen LogP contribution >= 0.6 is 0 Å². The smallest absolute Gasteiger partial charge is 0.187 e. The van der Waals surface area contributed by atoms with Crippen LogP contribution < -0.4 is 0 Å². The van der Waals surface area contributed by atoms with Gasteiger partial charge in [-0.2, -0.15) is 0 Å². The Bertz CT molecular complexity index is 2550. The minimum Gasteiger partial charge on any atom is -0.394 e. The Morgan fingerprint density at radius 3 is 1.15 bits per heavy atom. The molecule has 0 spiro atoms. The van der Waals surface area contributed by atoms with Crippen molar-refractivity contribution in [1.29, 1.82) is 0 Å². The zero-order valence-electron chi connectivity index (χ0n) is 59.3. The molecule has 12 unspecified atom stereocenters. The van der Waals surface area contributed by atoms with E-state index in [9.17, 15) is 107 Å². The highest BCUT2D eigenvalue weighted by atomic mass is 16.8. The molecule has 606 valence electrons. The number of aliphatic hydroxyl groups is 21. The van der Waals surface area contributed by atoms with Crippen LogP contribution in [0.5, 0.6) is 0 Å². The first-order chi connectivity index (χ1) is 49.6. The van der Waals surface area contributed by atoms with Crippen LogP contribution in [0.25, 0.3) is 0 Å². The molecule has 0 bridgehead atoms. The lowest BCUT2D eigenvalue weighted by atomic mass is 9.43. The molecular formula is C68H118O36. The molecule has 10 fully saturated rings. The van der Waals surface area contributed by atoms with Crippen molar-refractivity contribution >= 4 is 0 Å². The van der Waals surface area contributed by atoms with Crippen molar-refractivity contribution in [1.82, 2.24) is 0 Å². The topological polar surface area (TPSA) is 563 Å². The first-order valence-corrected chi connectivity index (χ1v) is 37.1. The van der Waals surface area contributed by atoms with Gasteiger partial charge in [-0.15, -0.1) is 0 Å². The van der Waals surface area contributed by atoms with E-state index in [0.29, 0.717) is 31.6 Å². The highest BCUT2D eigenvalue weighted by molar-refractivity contribution is 5.15. The van der Waals surface area contributed by atoms with Gasteiger partial charge in [0.05, 0.1) is 97.6 Å². The molecule has 10 rings (SSSR count). The van der Waals surface area contributed by atoms with Crippen molar-refractivity contribution in [2.75, 3.05) is 79.3 Å². The lowest BCUT2D eigenvalue weighted by molar-refractivity contribution is -0.360. The van der Waals surface area contributed by atoms with E-state index in [2.05, 4.69) is 27.7 Å². The zero-order chi connectivity index (χ0) is 75.4. The first-order valence-electron chi connectivity index (χ1n) is 37.1. The molecule has 10 aliphatic rings. The number of rotatable bonds is 32. The molecule has 6 aliphatic heterocycles. The van der Waals surface area contributed by atoms with Gasteiger partial charge in [-0.3, -0.25) is 0 Å². The van der Waals surface area contributed by atoms with Crippen LogP contribution in [0.4, 0.5) is 0 Å². The second-order valence-corrected chi connectivity index (χ2v) is 30.6. The Hall–Kier alpha value is -1.44. The Balaban J connectivity index is 0.831. The Morgan fingerprint density at radius 1 is 0.375 bits per heavy atom. The maximum Gasteiger partial charge on any atom is 0.187 e. The van der Waals surface area contributed by atoms with E-state index in [1.165, 1.54) is 0 Å². The maximum absolute atomic E-state index is 11.4. The average Bonchev–Trinajstić information content (AvgIpc) is 1.36. The first kappa shape index (κ1) is 85.0. The zero-order valence-corrected chi connectivity index (χ0v) is 59.3. The molecule has 36 nitrogen and oxygen atoms in total. The molecule has 21 N–H and O–H groups in total. The van der Waals surface area contributed by atoms with Crippen molar-refractivity contribution in [3.8, 4) is 0 Å². The molecule has 104 heavy (non-hydrogen) atoms. The summed E-state index contributed by atoms with van der Waals surface area (Å²) in [5.74, 6) is 0.469. The van der Waals surface area contributed by atoms with E-state index < -0.39 is 229 Å². The highest BCUT2D eigenvalue weighted by Gasteiger charge is 2.67. The van der Waals surface area contributed by atoms with E-state index in [0.717, 1.165) is 44.9 Å². The van der Waals surface area contributed by atoms with Crippen molar-refractivity contribution in [2.45, 2.75) is 301 Å². The third-order valence-corrected chi connectivity index (χ3v) is 24.7. The second kappa shape index (κ2) is 37.5. The summed E-state index contributed by atoms with van der Waals surface area (Å²) >= 11 is 0. The predicted molar refractivity (Wildman–Crippen MR) is 346 cm³/mol. The molecule has 36 heteroatoms. The van der Waals surface area contributed by atoms with Gasteiger partial charge in [0.2, 0.25) is 0 Å². The lowest BCUT2D eigenvalue weighted by Crippen LogP contribution is -2.64. The molecule has 6 heterocycles. The van der Waals surface area contributed by atoms with E-state index >= 15 is 0 Å². The molecule has 4 saturated carbocycles. The summed E-state index contributed by atoms with van der Waals surface area (Å²) in [5.41, 5.74) is -0.758. The fourth-order valence-electron chi connectivity index (χ4n) is 18.7. The quantitative estimate of drug-likeness (QED) is 0.0278. The molecule has 0 aromatic rings. The largest absolute Gasteiger partial charge is 0.394 e. The monoisotopic (exact) mass is 1510 g/mol. The number of hydrogen-bond acceptors (Lipinski definition) is 36. The SMILES string of the molecule is CCCCC[C@@H](C)[C@H]1CC[C@H]2[C@@H]3[C@H](OCCO[C@@H]4OC(CO)[C@@H](O[C@H]5OC(CO)[C@@H](O)[C@H](O)C5O)[C@H](O)C4O)C[C@@H]4C[C@H](OCCO[C@@H]5OC(CO)[C@@H](O[C@H]6OC(CO)[C@@H](O)[C@H](O)C6O)[C@H](O)C5O)CC[C@]4(C)[C@H]3C[C@H](OCCO[C@@H]3OC(CO)[C@@H](O[C@H]4OC(CO)[C@@H](O)[C@H](O)C4O)[C@H](O)C3O)[C@]12C. The van der Waals surface area contributed by atoms with Gasteiger partial charge in [0.15, 0.2) is 37.7 Å². The third-order valence-electron chi connectivity index (χ3n) is 24.7. The summed E-state index contributed by atoms with van der Waals surface area (Å²) in [4.78, 5) is 0. The fraction of sp³-hybridized carbons (Fsp3) is 1.00. The van der Waals surface area contributed by atoms with Crippen LogP contribution in [0.3, 0.4) is 0 Å². The summed E-state index contributed by atoms with van der Waals surface area (Å²) in [6, 6.07) is 0. The van der Waals surface area contributed by atoms with Crippen LogP contribution in [0.2, 0.25) is 0 Å². The summed E-state index contributed by atoms with van der Waals surface area (Å²) in [5, 5.41) is 223. The Kier molecular flexibility index (Phi) is 30.6. The van der Waals surface area contributed by atoms with Gasteiger partial charge in [0.1, 0.15) is 146 Å². The Labute approximate surface area is 603 Å². The van der Waals surface area contributed by atoms with E-state index in [1.807, 2.05) is 0 Å². The van der Waals surface area contributed by atoms with Crippen LogP contribution in [0.1, 0.15) is 98.3 Å². The molecular weight excluding hydrogens is 1390 g/mol. The van der Waals surface area contributed by atoms with E-state index in [1.54, 1.807) is 0 Å². The number of fused-ring (bicyclic) bond motifs is 5. The number of aliphatic hydroxyl groups excluding tert-OH is 21. The molecule has 0 radical (unpaired) electrons. The van der Waals surface area contributed by atoms with Crippen LogP contribution in [0.15, 0.2) is 0 Å². The molecule has 0 aromatic carbocycles. The van der Waals surface area contributed by atoms with Crippen LogP contribution in [0, 0.1) is 46.3 Å². The molecule has 41 atom stereocenters. The second-order valence-electron chi connectivity index (χ2n) is 30.6. The standard InChI is InChI=1S/C68H118O36/c1-5-6-7-8-28(2)31-9-10-32-42-33(21-41(68(31,32)4)92-15-18-95-63-57(89)51(83)60(40(27-74)101-63)104-66-54(86)48(80)45(77)37(24-71)98-66)67(3)12-11-30(90-13-16-93-61-55(87)49(81)58(38(25-72)99-61)102-64-52(84)46(78)43(75)35(22-69)96-64)19-29(67)20-34(42)91-14-17-94-62-56(88)50(82)59(39(26-73)100-62)103-65-53(85)47(79)44(76)36(23-70)97-65/h28-66,69-89H,5-27H2,1-4H3/t28-,29+,30-,31-,32+,33+,34-,35?,36?,37?,38?,39?,40?,41+,42+,43-,44-,45-,46+,47+,48+,49-,50-,51-,52?,53?,54?,55?,56?,57?,58-,59-,60-,61-,62-,63-,64-,65-,66-,67+,68-/m1/s1. The number of ether oxygens (including phenoxy) is 15. The fourth-order valence-corrected chi connectivity index (χ4v) is 18.7. The highest BCUT2D eigenvalue weighted by Crippen LogP contribution is 2.69. The van der Waals surface area contributed by atoms with Gasteiger partial charge < -0.3 is 178 Å². The van der Waals surface area contributed by atoms with E-state index in [4.69, 9.17) is 71.1 Å². The van der Waals surface area contributed by atoms with Gasteiger partial charge in [0.25, 0.3) is 0 Å². The van der Waals surface area contributed by atoms with Gasteiger partial charge in [-0.05, 0) is 85.9 Å². The predicted octanol–water partition coefficient (Wildman–Crippen LogP) is -7.84. The summed E-state index contributed by atoms with van der Waals surface area (Å²) in [6.45, 7) is 4.09. The number of unbranched alkanes of at least 4 members (excludes halogenated alkanes) is 2. The average molecular weight is 1510 g/mol. The van der Waals surface area contributed by atoms with Gasteiger partial charge >= 0.3 is 0 Å². The van der Waals surface area contributed by atoms with E-state index in [-0.39, 0.29) is 93.0 Å². The minimum atomic E-state index is -1.86. The molecule has 0 amide bonds. The van der Waals surface area contributed by atoms with Gasteiger partial charge in [-0.25, -0.2) is 0 Å². The Morgan fingerprint density at radius 2 is 0.750 bits per heavy atom.